The molecule has 0 unspecified atom stereocenters. The van der Waals surface area contributed by atoms with Gasteiger partial charge in [-0.25, -0.2) is 0 Å². The molecule has 2 aromatic rings. The first-order valence-electron chi connectivity index (χ1n) is 6.53. The summed E-state index contributed by atoms with van der Waals surface area (Å²) in [4.78, 5) is 11.6. The van der Waals surface area contributed by atoms with Gasteiger partial charge in [-0.05, 0) is 50.2 Å². The molecule has 21 heavy (non-hydrogen) atoms. The predicted molar refractivity (Wildman–Crippen MR) is 86.0 cm³/mol. The van der Waals surface area contributed by atoms with Gasteiger partial charge in [0.15, 0.2) is 0 Å². The molecule has 0 spiro atoms. The highest BCUT2D eigenvalue weighted by atomic mass is 35.5. The number of anilines is 1. The summed E-state index contributed by atoms with van der Waals surface area (Å²) in [6.07, 6.45) is 1.55. The van der Waals surface area contributed by atoms with Gasteiger partial charge in [-0.1, -0.05) is 29.3 Å². The lowest BCUT2D eigenvalue weighted by molar-refractivity contribution is -0.111. The number of hydrogen-bond donors (Lipinski definition) is 1. The Balaban J connectivity index is 2.04. The molecule has 0 saturated heterocycles. The number of rotatable bonds is 4. The fraction of sp³-hybridized carbons (Fsp3) is 0.118. The molecule has 0 atom stereocenters. The molecule has 0 fully saturated rings. The average Bonchev–Trinajstić information content (AvgIpc) is 2.42. The van der Waals surface area contributed by atoms with Crippen LogP contribution in [0.5, 0.6) is 11.5 Å². The summed E-state index contributed by atoms with van der Waals surface area (Å²) < 4.78 is 5.68. The zero-order valence-electron chi connectivity index (χ0n) is 11.9. The second-order valence-corrected chi connectivity index (χ2v) is 5.18. The number of carbonyl (C=O) groups excluding carboxylic acids is 1. The molecule has 1 amide bonds. The third-order valence-electron chi connectivity index (χ3n) is 2.61. The van der Waals surface area contributed by atoms with Gasteiger partial charge in [-0.15, -0.1) is 0 Å². The second-order valence-electron chi connectivity index (χ2n) is 4.77. The van der Waals surface area contributed by atoms with Crippen LogP contribution in [0.4, 0.5) is 5.69 Å². The molecule has 1 N–H and O–H groups in total. The van der Waals surface area contributed by atoms with Crippen LogP contribution in [0.15, 0.2) is 60.2 Å². The Morgan fingerprint density at radius 2 is 1.76 bits per heavy atom. The minimum absolute atomic E-state index is 0.144. The molecular weight excluding hydrogens is 286 g/mol. The summed E-state index contributed by atoms with van der Waals surface area (Å²) in [5, 5.41) is 3.33. The number of nitrogens with one attached hydrogen (secondary N) is 1. The van der Waals surface area contributed by atoms with E-state index in [0.717, 1.165) is 5.57 Å². The van der Waals surface area contributed by atoms with Gasteiger partial charge in [0, 0.05) is 11.8 Å². The topological polar surface area (TPSA) is 38.3 Å². The molecule has 0 aliphatic heterocycles. The van der Waals surface area contributed by atoms with Crippen LogP contribution in [0, 0.1) is 0 Å². The highest BCUT2D eigenvalue weighted by Crippen LogP contribution is 2.29. The summed E-state index contributed by atoms with van der Waals surface area (Å²) in [7, 11) is 0. The second kappa shape index (κ2) is 6.95. The quantitative estimate of drug-likeness (QED) is 0.804. The van der Waals surface area contributed by atoms with Crippen molar-refractivity contribution in [3.05, 3.63) is 65.2 Å². The van der Waals surface area contributed by atoms with Gasteiger partial charge < -0.3 is 10.1 Å². The van der Waals surface area contributed by atoms with E-state index in [9.17, 15) is 4.79 Å². The monoisotopic (exact) mass is 301 g/mol. The van der Waals surface area contributed by atoms with Crippen LogP contribution in [-0.2, 0) is 4.79 Å². The number of ether oxygens (including phenoxy) is 1. The molecule has 4 heteroatoms. The van der Waals surface area contributed by atoms with Crippen molar-refractivity contribution in [2.75, 3.05) is 5.32 Å². The van der Waals surface area contributed by atoms with E-state index in [2.05, 4.69) is 5.32 Å². The standard InChI is InChI=1S/C17H16ClNO2/c1-12(2)11-17(20)19-13-7-9-14(10-8-13)21-16-6-4-3-5-15(16)18/h3-11H,1-2H3,(H,19,20). The maximum atomic E-state index is 11.6. The lowest BCUT2D eigenvalue weighted by Gasteiger charge is -2.08. The van der Waals surface area contributed by atoms with Crippen LogP contribution in [0.2, 0.25) is 5.02 Å². The number of amides is 1. The number of hydrogen-bond acceptors (Lipinski definition) is 2. The predicted octanol–water partition coefficient (Wildman–Crippen LogP) is 5.04. The Morgan fingerprint density at radius 1 is 1.10 bits per heavy atom. The number of allylic oxidation sites excluding steroid dienone is 1. The van der Waals surface area contributed by atoms with E-state index in [1.165, 1.54) is 0 Å². The van der Waals surface area contributed by atoms with E-state index < -0.39 is 0 Å². The molecule has 0 saturated carbocycles. The Hall–Kier alpha value is -2.26. The van der Waals surface area contributed by atoms with Crippen molar-refractivity contribution in [2.24, 2.45) is 0 Å². The summed E-state index contributed by atoms with van der Waals surface area (Å²) in [5.74, 6) is 1.11. The Morgan fingerprint density at radius 3 is 2.38 bits per heavy atom. The van der Waals surface area contributed by atoms with Gasteiger partial charge in [-0.3, -0.25) is 4.79 Å². The fourth-order valence-electron chi connectivity index (χ4n) is 1.70. The van der Waals surface area contributed by atoms with E-state index in [-0.39, 0.29) is 5.91 Å². The van der Waals surface area contributed by atoms with Crippen molar-refractivity contribution in [3.63, 3.8) is 0 Å². The SMILES string of the molecule is CC(C)=CC(=O)Nc1ccc(Oc2ccccc2Cl)cc1. The Labute approximate surface area is 129 Å². The summed E-state index contributed by atoms with van der Waals surface area (Å²) >= 11 is 6.03. The highest BCUT2D eigenvalue weighted by Gasteiger charge is 2.03. The van der Waals surface area contributed by atoms with Crippen molar-refractivity contribution in [3.8, 4) is 11.5 Å². The maximum absolute atomic E-state index is 11.6. The van der Waals surface area contributed by atoms with E-state index in [4.69, 9.17) is 16.3 Å². The lowest BCUT2D eigenvalue weighted by atomic mass is 10.2. The van der Waals surface area contributed by atoms with Gasteiger partial charge in [0.05, 0.1) is 5.02 Å². The average molecular weight is 302 g/mol. The van der Waals surface area contributed by atoms with Crippen LogP contribution >= 0.6 is 11.6 Å². The summed E-state index contributed by atoms with van der Waals surface area (Å²) in [5.41, 5.74) is 1.66. The van der Waals surface area contributed by atoms with Gasteiger partial charge in [0.2, 0.25) is 5.91 Å². The van der Waals surface area contributed by atoms with Crippen molar-refractivity contribution < 1.29 is 9.53 Å². The van der Waals surface area contributed by atoms with Crippen molar-refractivity contribution in [1.29, 1.82) is 0 Å². The lowest BCUT2D eigenvalue weighted by Crippen LogP contribution is -2.08. The molecule has 0 radical (unpaired) electrons. The number of benzene rings is 2. The van der Waals surface area contributed by atoms with E-state index in [1.54, 1.807) is 42.5 Å². The molecule has 0 aliphatic carbocycles. The van der Waals surface area contributed by atoms with Crippen molar-refractivity contribution in [2.45, 2.75) is 13.8 Å². The summed E-state index contributed by atoms with van der Waals surface area (Å²) in [6.45, 7) is 3.75. The zero-order chi connectivity index (χ0) is 15.2. The number of para-hydroxylation sites is 1. The molecule has 0 bridgehead atoms. The van der Waals surface area contributed by atoms with Crippen LogP contribution in [0.3, 0.4) is 0 Å². The largest absolute Gasteiger partial charge is 0.456 e. The third-order valence-corrected chi connectivity index (χ3v) is 2.92. The first-order valence-corrected chi connectivity index (χ1v) is 6.91. The minimum atomic E-state index is -0.144. The first kappa shape index (κ1) is 15.1. The van der Waals surface area contributed by atoms with E-state index in [0.29, 0.717) is 22.2 Å². The third kappa shape index (κ3) is 4.65. The minimum Gasteiger partial charge on any atom is -0.456 e. The smallest absolute Gasteiger partial charge is 0.248 e. The molecule has 108 valence electrons. The molecule has 0 heterocycles. The Bertz CT molecular complexity index is 659. The first-order chi connectivity index (χ1) is 10.0. The molecule has 0 aliphatic rings. The van der Waals surface area contributed by atoms with E-state index >= 15 is 0 Å². The molecule has 0 aromatic heterocycles. The molecular formula is C17H16ClNO2. The summed E-state index contributed by atoms with van der Waals surface area (Å²) in [6, 6.07) is 14.4. The van der Waals surface area contributed by atoms with Crippen LogP contribution in [0.25, 0.3) is 0 Å². The molecule has 2 aromatic carbocycles. The normalized spacial score (nSPS) is 9.86. The zero-order valence-corrected chi connectivity index (χ0v) is 12.6. The van der Waals surface area contributed by atoms with Crippen LogP contribution in [0.1, 0.15) is 13.8 Å². The van der Waals surface area contributed by atoms with Gasteiger partial charge in [0.1, 0.15) is 11.5 Å². The Kier molecular flexibility index (Phi) is 5.01. The van der Waals surface area contributed by atoms with Gasteiger partial charge in [0.25, 0.3) is 0 Å². The molecule has 2 rings (SSSR count). The van der Waals surface area contributed by atoms with E-state index in [1.807, 2.05) is 26.0 Å². The highest BCUT2D eigenvalue weighted by molar-refractivity contribution is 6.32. The molecule has 3 nitrogen and oxygen atoms in total. The van der Waals surface area contributed by atoms with Gasteiger partial charge >= 0.3 is 0 Å². The maximum Gasteiger partial charge on any atom is 0.248 e. The van der Waals surface area contributed by atoms with Gasteiger partial charge in [-0.2, -0.15) is 0 Å². The van der Waals surface area contributed by atoms with Crippen molar-refractivity contribution >= 4 is 23.2 Å². The number of carbonyl (C=O) groups is 1. The van der Waals surface area contributed by atoms with Crippen LogP contribution < -0.4 is 10.1 Å². The fourth-order valence-corrected chi connectivity index (χ4v) is 1.88. The van der Waals surface area contributed by atoms with Crippen molar-refractivity contribution in [1.82, 2.24) is 0 Å². The number of halogens is 1. The van der Waals surface area contributed by atoms with Crippen LogP contribution in [-0.4, -0.2) is 5.91 Å².